The number of aromatic carboxylic acids is 1. The Labute approximate surface area is 89.9 Å². The van der Waals surface area contributed by atoms with E-state index in [0.717, 1.165) is 5.56 Å². The van der Waals surface area contributed by atoms with Crippen LogP contribution in [0.3, 0.4) is 0 Å². The van der Waals surface area contributed by atoms with Gasteiger partial charge in [0.25, 0.3) is 0 Å². The summed E-state index contributed by atoms with van der Waals surface area (Å²) >= 11 is 0. The van der Waals surface area contributed by atoms with Gasteiger partial charge in [-0.25, -0.2) is 4.79 Å². The van der Waals surface area contributed by atoms with Crippen LogP contribution in [0.15, 0.2) is 24.3 Å². The molecule has 2 nitrogen and oxygen atoms in total. The molecule has 0 saturated heterocycles. The van der Waals surface area contributed by atoms with Gasteiger partial charge in [0.2, 0.25) is 0 Å². The molecule has 0 spiro atoms. The Morgan fingerprint density at radius 2 is 2.00 bits per heavy atom. The van der Waals surface area contributed by atoms with E-state index >= 15 is 0 Å². The van der Waals surface area contributed by atoms with Crippen LogP contribution in [0.1, 0.15) is 35.2 Å². The van der Waals surface area contributed by atoms with Crippen LogP contribution < -0.4 is 0 Å². The van der Waals surface area contributed by atoms with E-state index in [9.17, 15) is 4.79 Å². The van der Waals surface area contributed by atoms with Gasteiger partial charge in [0.1, 0.15) is 0 Å². The van der Waals surface area contributed by atoms with E-state index in [0.29, 0.717) is 5.56 Å². The first-order valence-corrected chi connectivity index (χ1v) is 5.47. The molecule has 2 saturated carbocycles. The third kappa shape index (κ3) is 2.58. The van der Waals surface area contributed by atoms with Gasteiger partial charge in [-0.3, -0.25) is 0 Å². The number of carboxylic acids is 1. The zero-order chi connectivity index (χ0) is 10.8. The third-order valence-electron chi connectivity index (χ3n) is 3.24. The minimum Gasteiger partial charge on any atom is -0.478 e. The molecule has 0 aliphatic heterocycles. The Hall–Kier alpha value is -1.31. The van der Waals surface area contributed by atoms with Crippen LogP contribution in [0.25, 0.3) is 0 Å². The molecule has 3 rings (SSSR count). The van der Waals surface area contributed by atoms with Crippen molar-refractivity contribution in [3.8, 4) is 0 Å². The molecule has 2 aliphatic rings. The van der Waals surface area contributed by atoms with Crippen LogP contribution in [0.2, 0.25) is 0 Å². The maximum atomic E-state index is 10.4. The summed E-state index contributed by atoms with van der Waals surface area (Å²) in [4.78, 5) is 10.4. The second-order valence-electron chi connectivity index (χ2n) is 4.51. The van der Waals surface area contributed by atoms with Gasteiger partial charge in [-0.1, -0.05) is 17.7 Å². The van der Waals surface area contributed by atoms with Crippen molar-refractivity contribution in [1.29, 1.82) is 0 Å². The molecule has 2 fully saturated rings. The lowest BCUT2D eigenvalue weighted by Gasteiger charge is -2.04. The van der Waals surface area contributed by atoms with Gasteiger partial charge in [-0.15, -0.1) is 0 Å². The summed E-state index contributed by atoms with van der Waals surface area (Å²) in [5, 5.41) is 8.51. The molecule has 15 heavy (non-hydrogen) atoms. The van der Waals surface area contributed by atoms with Crippen molar-refractivity contribution < 1.29 is 9.90 Å². The summed E-state index contributed by atoms with van der Waals surface area (Å²) in [6.45, 7) is 1.87. The van der Waals surface area contributed by atoms with Crippen molar-refractivity contribution in [2.24, 2.45) is 11.8 Å². The molecule has 0 heterocycles. The summed E-state index contributed by atoms with van der Waals surface area (Å²) in [5.74, 6) is 1.59. The van der Waals surface area contributed by atoms with E-state index in [1.54, 1.807) is 37.5 Å². The number of fused-ring (bicyclic) bond motifs is 1. The average Bonchev–Trinajstić information content (AvgIpc) is 2.74. The normalized spacial score (nSPS) is 25.4. The molecule has 80 valence electrons. The lowest BCUT2D eigenvalue weighted by atomic mass is 10.0. The third-order valence-corrected chi connectivity index (χ3v) is 3.24. The standard InChI is InChI=1S/C8H8O2.C5H8/c1-6-3-2-4-7(5-6)8(9)10;1-2-5-3-4(1)5/h2-5H,1H3,(H,9,10);4-5H,1-3H2. The van der Waals surface area contributed by atoms with E-state index in [4.69, 9.17) is 5.11 Å². The average molecular weight is 204 g/mol. The highest BCUT2D eigenvalue weighted by atomic mass is 16.4. The predicted molar refractivity (Wildman–Crippen MR) is 59.0 cm³/mol. The summed E-state index contributed by atoms with van der Waals surface area (Å²) < 4.78 is 0. The number of carbonyl (C=O) groups is 1. The minimum atomic E-state index is -0.872. The minimum absolute atomic E-state index is 0.347. The van der Waals surface area contributed by atoms with E-state index in [-0.39, 0.29) is 0 Å². The van der Waals surface area contributed by atoms with Crippen LogP contribution in [0.4, 0.5) is 0 Å². The van der Waals surface area contributed by atoms with Gasteiger partial charge in [0.05, 0.1) is 5.56 Å². The number of aryl methyl sites for hydroxylation is 1. The fourth-order valence-electron chi connectivity index (χ4n) is 1.96. The zero-order valence-corrected chi connectivity index (χ0v) is 8.94. The number of hydrogen-bond acceptors (Lipinski definition) is 1. The molecular formula is C13H16O2. The van der Waals surface area contributed by atoms with Gasteiger partial charge >= 0.3 is 5.97 Å². The molecule has 0 bridgehead atoms. The van der Waals surface area contributed by atoms with Crippen LogP contribution in [0.5, 0.6) is 0 Å². The number of carboxylic acid groups (broad SMARTS) is 1. The molecule has 2 heteroatoms. The number of benzene rings is 1. The Bertz CT molecular complexity index is 359. The Morgan fingerprint density at radius 3 is 2.27 bits per heavy atom. The fraction of sp³-hybridized carbons (Fsp3) is 0.462. The molecule has 2 atom stereocenters. The molecular weight excluding hydrogens is 188 g/mol. The van der Waals surface area contributed by atoms with Crippen molar-refractivity contribution in [2.45, 2.75) is 26.2 Å². The summed E-state index contributed by atoms with van der Waals surface area (Å²) in [5.41, 5.74) is 1.32. The second kappa shape index (κ2) is 4.05. The predicted octanol–water partition coefficient (Wildman–Crippen LogP) is 3.11. The highest BCUT2D eigenvalue weighted by Gasteiger charge is 2.44. The molecule has 0 amide bonds. The number of hydrogen-bond donors (Lipinski definition) is 1. The van der Waals surface area contributed by atoms with Crippen molar-refractivity contribution in [2.75, 3.05) is 0 Å². The van der Waals surface area contributed by atoms with Gasteiger partial charge in [-0.05, 0) is 50.2 Å². The molecule has 1 aromatic carbocycles. The Morgan fingerprint density at radius 1 is 1.33 bits per heavy atom. The highest BCUT2D eigenvalue weighted by molar-refractivity contribution is 5.87. The zero-order valence-electron chi connectivity index (χ0n) is 8.94. The monoisotopic (exact) mass is 204 g/mol. The largest absolute Gasteiger partial charge is 0.478 e. The van der Waals surface area contributed by atoms with Gasteiger partial charge in [0, 0.05) is 0 Å². The SMILES string of the molecule is C1CC2CC12.Cc1cccc(C(=O)O)c1. The van der Waals surface area contributed by atoms with E-state index < -0.39 is 5.97 Å². The smallest absolute Gasteiger partial charge is 0.335 e. The highest BCUT2D eigenvalue weighted by Crippen LogP contribution is 2.55. The van der Waals surface area contributed by atoms with Crippen LogP contribution in [0, 0.1) is 18.8 Å². The lowest BCUT2D eigenvalue weighted by molar-refractivity contribution is 0.0697. The summed E-state index contributed by atoms with van der Waals surface area (Å²) in [6.07, 6.45) is 4.70. The fourth-order valence-corrected chi connectivity index (χ4v) is 1.96. The Balaban J connectivity index is 0.000000139. The molecule has 1 aromatic rings. The van der Waals surface area contributed by atoms with Gasteiger partial charge in [0.15, 0.2) is 0 Å². The van der Waals surface area contributed by atoms with Crippen molar-refractivity contribution in [1.82, 2.24) is 0 Å². The maximum Gasteiger partial charge on any atom is 0.335 e. The van der Waals surface area contributed by atoms with Gasteiger partial charge < -0.3 is 5.11 Å². The van der Waals surface area contributed by atoms with Gasteiger partial charge in [-0.2, -0.15) is 0 Å². The molecule has 2 aliphatic carbocycles. The first kappa shape index (κ1) is 10.2. The topological polar surface area (TPSA) is 37.3 Å². The van der Waals surface area contributed by atoms with E-state index in [1.165, 1.54) is 11.8 Å². The number of rotatable bonds is 1. The van der Waals surface area contributed by atoms with Crippen molar-refractivity contribution >= 4 is 5.97 Å². The van der Waals surface area contributed by atoms with E-state index in [2.05, 4.69) is 0 Å². The first-order valence-electron chi connectivity index (χ1n) is 5.47. The van der Waals surface area contributed by atoms with Crippen LogP contribution >= 0.6 is 0 Å². The van der Waals surface area contributed by atoms with Crippen LogP contribution in [-0.2, 0) is 0 Å². The molecule has 0 aromatic heterocycles. The summed E-state index contributed by atoms with van der Waals surface area (Å²) in [7, 11) is 0. The quantitative estimate of drug-likeness (QED) is 0.763. The van der Waals surface area contributed by atoms with Crippen LogP contribution in [-0.4, -0.2) is 11.1 Å². The molecule has 1 N–H and O–H groups in total. The van der Waals surface area contributed by atoms with E-state index in [1.807, 2.05) is 13.0 Å². The van der Waals surface area contributed by atoms with Crippen molar-refractivity contribution in [3.63, 3.8) is 0 Å². The molecule has 2 unspecified atom stereocenters. The maximum absolute atomic E-state index is 10.4. The molecule has 0 radical (unpaired) electrons. The van der Waals surface area contributed by atoms with Crippen molar-refractivity contribution in [3.05, 3.63) is 35.4 Å². The summed E-state index contributed by atoms with van der Waals surface area (Å²) in [6, 6.07) is 6.82. The lowest BCUT2D eigenvalue weighted by Crippen LogP contribution is -1.95. The second-order valence-corrected chi connectivity index (χ2v) is 4.51. The Kier molecular flexibility index (Phi) is 2.76. The first-order chi connectivity index (χ1) is 7.16.